The number of nitrogens with zero attached hydrogens (tertiary/aromatic N) is 1. The lowest BCUT2D eigenvalue weighted by molar-refractivity contribution is -0.120. The van der Waals surface area contributed by atoms with Gasteiger partial charge in [-0.15, -0.1) is 0 Å². The molecule has 2 rings (SSSR count). The number of halogens is 1. The third kappa shape index (κ3) is 4.04. The summed E-state index contributed by atoms with van der Waals surface area (Å²) < 4.78 is 3.04. The molecule has 1 amide bonds. The van der Waals surface area contributed by atoms with E-state index in [2.05, 4.69) is 21.2 Å². The number of carbonyl (C=O) groups excluding carboxylic acids is 1. The maximum atomic E-state index is 11.7. The van der Waals surface area contributed by atoms with Gasteiger partial charge in [0.1, 0.15) is 0 Å². The lowest BCUT2D eigenvalue weighted by atomic mass is 10.1. The molecule has 3 nitrogen and oxygen atoms in total. The van der Waals surface area contributed by atoms with Crippen LogP contribution in [0.1, 0.15) is 5.56 Å². The minimum Gasteiger partial charge on any atom is -0.354 e. The molecule has 0 saturated heterocycles. The molecule has 18 heavy (non-hydrogen) atoms. The summed E-state index contributed by atoms with van der Waals surface area (Å²) in [6.07, 6.45) is 4.39. The van der Waals surface area contributed by atoms with Gasteiger partial charge in [0.05, 0.1) is 6.42 Å². The van der Waals surface area contributed by atoms with Crippen LogP contribution < -0.4 is 5.32 Å². The van der Waals surface area contributed by atoms with Crippen LogP contribution in [0.2, 0.25) is 0 Å². The Morgan fingerprint density at radius 1 is 1.22 bits per heavy atom. The van der Waals surface area contributed by atoms with Crippen LogP contribution in [0.15, 0.2) is 53.3 Å². The second-order valence-corrected chi connectivity index (χ2v) is 4.99. The Kier molecular flexibility index (Phi) is 4.59. The van der Waals surface area contributed by atoms with Gasteiger partial charge in [-0.2, -0.15) is 0 Å². The van der Waals surface area contributed by atoms with Crippen LogP contribution in [-0.4, -0.2) is 17.0 Å². The fraction of sp³-hybridized carbons (Fsp3) is 0.214. The SMILES string of the molecule is O=C(Cc1cccc(Br)c1)NCCn1cccc1. The van der Waals surface area contributed by atoms with E-state index in [0.29, 0.717) is 13.0 Å². The molecule has 0 bridgehead atoms. The van der Waals surface area contributed by atoms with Gasteiger partial charge in [0.15, 0.2) is 0 Å². The fourth-order valence-electron chi connectivity index (χ4n) is 1.74. The zero-order valence-electron chi connectivity index (χ0n) is 9.97. The van der Waals surface area contributed by atoms with E-state index in [1.807, 2.05) is 53.4 Å². The second kappa shape index (κ2) is 6.40. The summed E-state index contributed by atoms with van der Waals surface area (Å²) in [6, 6.07) is 11.8. The van der Waals surface area contributed by atoms with Gasteiger partial charge in [0.2, 0.25) is 5.91 Å². The van der Waals surface area contributed by atoms with Gasteiger partial charge in [0.25, 0.3) is 0 Å². The standard InChI is InChI=1S/C14H15BrN2O/c15-13-5-3-4-12(10-13)11-14(18)16-6-9-17-7-1-2-8-17/h1-5,7-8,10H,6,9,11H2,(H,16,18). The van der Waals surface area contributed by atoms with E-state index in [9.17, 15) is 4.79 Å². The summed E-state index contributed by atoms with van der Waals surface area (Å²) in [5, 5.41) is 2.91. The maximum Gasteiger partial charge on any atom is 0.224 e. The first kappa shape index (κ1) is 12.9. The Morgan fingerprint density at radius 2 is 2.00 bits per heavy atom. The van der Waals surface area contributed by atoms with E-state index in [-0.39, 0.29) is 5.91 Å². The van der Waals surface area contributed by atoms with Crippen molar-refractivity contribution in [1.29, 1.82) is 0 Å². The Balaban J connectivity index is 1.75. The van der Waals surface area contributed by atoms with Gasteiger partial charge in [-0.1, -0.05) is 28.1 Å². The molecule has 1 heterocycles. The molecule has 0 unspecified atom stereocenters. The van der Waals surface area contributed by atoms with Crippen LogP contribution >= 0.6 is 15.9 Å². The van der Waals surface area contributed by atoms with Gasteiger partial charge < -0.3 is 9.88 Å². The van der Waals surface area contributed by atoms with Crippen molar-refractivity contribution in [2.45, 2.75) is 13.0 Å². The van der Waals surface area contributed by atoms with Crippen LogP contribution in [0.4, 0.5) is 0 Å². The first-order chi connectivity index (χ1) is 8.74. The molecule has 0 atom stereocenters. The van der Waals surface area contributed by atoms with E-state index in [0.717, 1.165) is 16.6 Å². The van der Waals surface area contributed by atoms with E-state index in [1.54, 1.807) is 0 Å². The van der Waals surface area contributed by atoms with Crippen molar-refractivity contribution in [2.75, 3.05) is 6.54 Å². The molecular formula is C14H15BrN2O. The maximum absolute atomic E-state index is 11.7. The molecule has 94 valence electrons. The first-order valence-corrected chi connectivity index (χ1v) is 6.65. The van der Waals surface area contributed by atoms with Crippen molar-refractivity contribution in [3.63, 3.8) is 0 Å². The molecule has 1 aromatic carbocycles. The van der Waals surface area contributed by atoms with Crippen molar-refractivity contribution in [3.05, 3.63) is 58.8 Å². The summed E-state index contributed by atoms with van der Waals surface area (Å²) in [5.41, 5.74) is 1.02. The molecule has 0 fully saturated rings. The zero-order valence-corrected chi connectivity index (χ0v) is 11.6. The third-order valence-electron chi connectivity index (χ3n) is 2.61. The smallest absolute Gasteiger partial charge is 0.224 e. The average molecular weight is 307 g/mol. The highest BCUT2D eigenvalue weighted by Crippen LogP contribution is 2.11. The molecule has 0 saturated carbocycles. The summed E-state index contributed by atoms with van der Waals surface area (Å²) in [5.74, 6) is 0.0558. The molecule has 0 aliphatic rings. The molecular weight excluding hydrogens is 292 g/mol. The number of nitrogens with one attached hydrogen (secondary N) is 1. The van der Waals surface area contributed by atoms with Crippen molar-refractivity contribution in [1.82, 2.24) is 9.88 Å². The van der Waals surface area contributed by atoms with Gasteiger partial charge in [0, 0.05) is 30.0 Å². The zero-order chi connectivity index (χ0) is 12.8. The van der Waals surface area contributed by atoms with Crippen LogP contribution in [0.5, 0.6) is 0 Å². The van der Waals surface area contributed by atoms with E-state index in [4.69, 9.17) is 0 Å². The quantitative estimate of drug-likeness (QED) is 0.905. The number of aromatic nitrogens is 1. The molecule has 0 aliphatic heterocycles. The Hall–Kier alpha value is -1.55. The van der Waals surface area contributed by atoms with Gasteiger partial charge in [-0.05, 0) is 29.8 Å². The Bertz CT molecular complexity index is 508. The van der Waals surface area contributed by atoms with Crippen LogP contribution in [0.3, 0.4) is 0 Å². The molecule has 1 N–H and O–H groups in total. The van der Waals surface area contributed by atoms with Gasteiger partial charge >= 0.3 is 0 Å². The highest BCUT2D eigenvalue weighted by Gasteiger charge is 2.02. The van der Waals surface area contributed by atoms with Crippen molar-refractivity contribution < 1.29 is 4.79 Å². The summed E-state index contributed by atoms with van der Waals surface area (Å²) in [7, 11) is 0. The molecule has 0 radical (unpaired) electrons. The minimum atomic E-state index is 0.0558. The van der Waals surface area contributed by atoms with E-state index in [1.165, 1.54) is 0 Å². The van der Waals surface area contributed by atoms with Crippen molar-refractivity contribution in [3.8, 4) is 0 Å². The van der Waals surface area contributed by atoms with Gasteiger partial charge in [-0.25, -0.2) is 0 Å². The topological polar surface area (TPSA) is 34.0 Å². The summed E-state index contributed by atoms with van der Waals surface area (Å²) >= 11 is 3.40. The monoisotopic (exact) mass is 306 g/mol. The molecule has 0 spiro atoms. The first-order valence-electron chi connectivity index (χ1n) is 5.86. The summed E-state index contributed by atoms with van der Waals surface area (Å²) in [6.45, 7) is 1.46. The number of amides is 1. The van der Waals surface area contributed by atoms with Crippen LogP contribution in [-0.2, 0) is 17.8 Å². The lowest BCUT2D eigenvalue weighted by Gasteiger charge is -2.06. The van der Waals surface area contributed by atoms with Crippen LogP contribution in [0.25, 0.3) is 0 Å². The number of hydrogen-bond acceptors (Lipinski definition) is 1. The highest BCUT2D eigenvalue weighted by molar-refractivity contribution is 9.10. The third-order valence-corrected chi connectivity index (χ3v) is 3.11. The van der Waals surface area contributed by atoms with E-state index >= 15 is 0 Å². The second-order valence-electron chi connectivity index (χ2n) is 4.08. The predicted octanol–water partition coefficient (Wildman–Crippen LogP) is 2.61. The lowest BCUT2D eigenvalue weighted by Crippen LogP contribution is -2.28. The number of hydrogen-bond donors (Lipinski definition) is 1. The highest BCUT2D eigenvalue weighted by atomic mass is 79.9. The van der Waals surface area contributed by atoms with E-state index < -0.39 is 0 Å². The Labute approximate surface area is 115 Å². The van der Waals surface area contributed by atoms with Crippen LogP contribution in [0, 0.1) is 0 Å². The molecule has 0 aliphatic carbocycles. The average Bonchev–Trinajstić information content (AvgIpc) is 2.82. The molecule has 2 aromatic rings. The molecule has 4 heteroatoms. The number of carbonyl (C=O) groups is 1. The van der Waals surface area contributed by atoms with Crippen molar-refractivity contribution in [2.24, 2.45) is 0 Å². The van der Waals surface area contributed by atoms with Crippen molar-refractivity contribution >= 4 is 21.8 Å². The fourth-order valence-corrected chi connectivity index (χ4v) is 2.19. The predicted molar refractivity (Wildman–Crippen MR) is 75.3 cm³/mol. The van der Waals surface area contributed by atoms with Gasteiger partial charge in [-0.3, -0.25) is 4.79 Å². The number of benzene rings is 1. The minimum absolute atomic E-state index is 0.0558. The largest absolute Gasteiger partial charge is 0.354 e. The normalized spacial score (nSPS) is 10.3. The Morgan fingerprint density at radius 3 is 2.72 bits per heavy atom. The summed E-state index contributed by atoms with van der Waals surface area (Å²) in [4.78, 5) is 11.7. The number of rotatable bonds is 5. The molecule has 1 aromatic heterocycles.